The van der Waals surface area contributed by atoms with E-state index in [4.69, 9.17) is 0 Å². The normalized spacial score (nSPS) is 9.90. The van der Waals surface area contributed by atoms with E-state index in [1.807, 2.05) is 32.0 Å². The Morgan fingerprint density at radius 1 is 1.30 bits per heavy atom. The van der Waals surface area contributed by atoms with E-state index >= 15 is 0 Å². The van der Waals surface area contributed by atoms with Crippen LogP contribution in [0.1, 0.15) is 16.7 Å². The fourth-order valence-corrected chi connectivity index (χ4v) is 1.01. The molecule has 10 heavy (non-hydrogen) atoms. The van der Waals surface area contributed by atoms with Crippen LogP contribution in [0.4, 0.5) is 0 Å². The lowest BCUT2D eigenvalue weighted by Gasteiger charge is -2.00. The number of aryl methyl sites for hydroxylation is 2. The van der Waals surface area contributed by atoms with Gasteiger partial charge in [0.25, 0.3) is 0 Å². The van der Waals surface area contributed by atoms with Gasteiger partial charge in [-0.25, -0.2) is 5.11 Å². The van der Waals surface area contributed by atoms with Gasteiger partial charge in [0.2, 0.25) is 0 Å². The highest BCUT2D eigenvalue weighted by Crippen LogP contribution is 2.09. The van der Waals surface area contributed by atoms with Crippen LogP contribution in [0.2, 0.25) is 0 Å². The molecule has 1 aromatic carbocycles. The Morgan fingerprint density at radius 3 is 2.50 bits per heavy atom. The van der Waals surface area contributed by atoms with Crippen molar-refractivity contribution in [2.24, 2.45) is 0 Å². The molecular formula is C9H11O. The highest BCUT2D eigenvalue weighted by atomic mass is 16.3. The van der Waals surface area contributed by atoms with E-state index in [1.165, 1.54) is 5.56 Å². The maximum absolute atomic E-state index is 10.5. The number of hydrogen-bond acceptors (Lipinski definition) is 0. The monoisotopic (exact) mass is 135 g/mol. The zero-order valence-electron chi connectivity index (χ0n) is 6.35. The van der Waals surface area contributed by atoms with Crippen LogP contribution in [-0.4, -0.2) is 0 Å². The molecule has 0 aliphatic heterocycles. The summed E-state index contributed by atoms with van der Waals surface area (Å²) in [6.07, 6.45) is 0. The second-order valence-electron chi connectivity index (χ2n) is 2.57. The van der Waals surface area contributed by atoms with Crippen molar-refractivity contribution in [3.8, 4) is 0 Å². The Hall–Kier alpha value is -0.820. The van der Waals surface area contributed by atoms with Gasteiger partial charge in [-0.15, -0.1) is 0 Å². The minimum atomic E-state index is -0.105. The van der Waals surface area contributed by atoms with E-state index in [2.05, 4.69) is 0 Å². The molecule has 0 amide bonds. The molecule has 0 spiro atoms. The van der Waals surface area contributed by atoms with Gasteiger partial charge < -0.3 is 0 Å². The predicted octanol–water partition coefficient (Wildman–Crippen LogP) is 2.23. The lowest BCUT2D eigenvalue weighted by molar-refractivity contribution is 0.177. The van der Waals surface area contributed by atoms with Gasteiger partial charge in [-0.2, -0.15) is 0 Å². The zero-order chi connectivity index (χ0) is 7.56. The average Bonchev–Trinajstić information content (AvgIpc) is 1.88. The molecule has 1 aromatic rings. The second-order valence-corrected chi connectivity index (χ2v) is 2.57. The third kappa shape index (κ3) is 1.36. The molecule has 0 N–H and O–H groups in total. The number of rotatable bonds is 1. The summed E-state index contributed by atoms with van der Waals surface area (Å²) in [6, 6.07) is 5.91. The molecule has 0 saturated carbocycles. The first-order chi connectivity index (χ1) is 4.74. The minimum Gasteiger partial charge on any atom is -0.232 e. The van der Waals surface area contributed by atoms with Gasteiger partial charge in [-0.1, -0.05) is 23.8 Å². The SMILES string of the molecule is Cc1ccc(C[O])c(C)c1. The maximum Gasteiger partial charge on any atom is 0.108 e. The molecule has 1 heteroatoms. The van der Waals surface area contributed by atoms with Crippen LogP contribution in [0.5, 0.6) is 0 Å². The minimum absolute atomic E-state index is 0.105. The van der Waals surface area contributed by atoms with Crippen molar-refractivity contribution in [2.75, 3.05) is 0 Å². The van der Waals surface area contributed by atoms with Crippen LogP contribution in [0, 0.1) is 13.8 Å². The summed E-state index contributed by atoms with van der Waals surface area (Å²) in [5.74, 6) is 0. The van der Waals surface area contributed by atoms with Gasteiger partial charge in [-0.3, -0.25) is 0 Å². The molecule has 1 radical (unpaired) electrons. The predicted molar refractivity (Wildman–Crippen MR) is 40.3 cm³/mol. The van der Waals surface area contributed by atoms with Crippen LogP contribution in [-0.2, 0) is 11.7 Å². The fraction of sp³-hybridized carbons (Fsp3) is 0.333. The van der Waals surface area contributed by atoms with E-state index < -0.39 is 0 Å². The fourth-order valence-electron chi connectivity index (χ4n) is 1.01. The molecule has 0 aliphatic rings. The molecular weight excluding hydrogens is 124 g/mol. The first kappa shape index (κ1) is 7.29. The summed E-state index contributed by atoms with van der Waals surface area (Å²) in [6.45, 7) is 3.90. The summed E-state index contributed by atoms with van der Waals surface area (Å²) in [7, 11) is 0. The molecule has 0 aromatic heterocycles. The van der Waals surface area contributed by atoms with Crippen molar-refractivity contribution in [1.29, 1.82) is 0 Å². The van der Waals surface area contributed by atoms with Crippen molar-refractivity contribution in [3.63, 3.8) is 0 Å². The van der Waals surface area contributed by atoms with E-state index in [0.717, 1.165) is 11.1 Å². The molecule has 1 rings (SSSR count). The molecule has 0 fully saturated rings. The van der Waals surface area contributed by atoms with Gasteiger partial charge in [0.1, 0.15) is 6.61 Å². The molecule has 0 saturated heterocycles. The quantitative estimate of drug-likeness (QED) is 0.562. The molecule has 0 bridgehead atoms. The van der Waals surface area contributed by atoms with E-state index in [0.29, 0.717) is 0 Å². The Morgan fingerprint density at radius 2 is 2.00 bits per heavy atom. The molecule has 53 valence electrons. The Balaban J connectivity index is 3.07. The highest BCUT2D eigenvalue weighted by molar-refractivity contribution is 5.29. The third-order valence-corrected chi connectivity index (χ3v) is 1.65. The van der Waals surface area contributed by atoms with Crippen LogP contribution < -0.4 is 0 Å². The number of hydrogen-bond donors (Lipinski definition) is 0. The van der Waals surface area contributed by atoms with Crippen LogP contribution >= 0.6 is 0 Å². The molecule has 0 heterocycles. The summed E-state index contributed by atoms with van der Waals surface area (Å²) in [5, 5.41) is 10.5. The lowest BCUT2D eigenvalue weighted by Crippen LogP contribution is -1.86. The van der Waals surface area contributed by atoms with E-state index in [9.17, 15) is 5.11 Å². The van der Waals surface area contributed by atoms with Gasteiger partial charge in [-0.05, 0) is 25.0 Å². The topological polar surface area (TPSA) is 19.9 Å². The average molecular weight is 135 g/mol. The van der Waals surface area contributed by atoms with Crippen molar-refractivity contribution in [1.82, 2.24) is 0 Å². The van der Waals surface area contributed by atoms with Crippen LogP contribution in [0.3, 0.4) is 0 Å². The Labute approximate surface area is 61.3 Å². The van der Waals surface area contributed by atoms with E-state index in [1.54, 1.807) is 0 Å². The highest BCUT2D eigenvalue weighted by Gasteiger charge is 1.95. The summed E-state index contributed by atoms with van der Waals surface area (Å²) in [5.41, 5.74) is 3.23. The van der Waals surface area contributed by atoms with Gasteiger partial charge in [0.05, 0.1) is 0 Å². The van der Waals surface area contributed by atoms with Gasteiger partial charge in [0.15, 0.2) is 0 Å². The molecule has 0 aliphatic carbocycles. The molecule has 1 nitrogen and oxygen atoms in total. The van der Waals surface area contributed by atoms with E-state index in [-0.39, 0.29) is 6.61 Å². The van der Waals surface area contributed by atoms with Crippen LogP contribution in [0.15, 0.2) is 18.2 Å². The first-order valence-corrected chi connectivity index (χ1v) is 3.38. The van der Waals surface area contributed by atoms with Gasteiger partial charge in [0, 0.05) is 0 Å². The Bertz CT molecular complexity index is 228. The smallest absolute Gasteiger partial charge is 0.108 e. The van der Waals surface area contributed by atoms with Crippen LogP contribution in [0.25, 0.3) is 0 Å². The Kier molecular flexibility index (Phi) is 2.07. The number of benzene rings is 1. The summed E-state index contributed by atoms with van der Waals surface area (Å²) < 4.78 is 0. The zero-order valence-corrected chi connectivity index (χ0v) is 6.35. The molecule has 0 unspecified atom stereocenters. The van der Waals surface area contributed by atoms with Crippen molar-refractivity contribution in [3.05, 3.63) is 34.9 Å². The summed E-state index contributed by atoms with van der Waals surface area (Å²) in [4.78, 5) is 0. The van der Waals surface area contributed by atoms with Crippen molar-refractivity contribution < 1.29 is 5.11 Å². The summed E-state index contributed by atoms with van der Waals surface area (Å²) >= 11 is 0. The molecule has 0 atom stereocenters. The van der Waals surface area contributed by atoms with Gasteiger partial charge >= 0.3 is 0 Å². The second kappa shape index (κ2) is 2.84. The third-order valence-electron chi connectivity index (χ3n) is 1.65. The lowest BCUT2D eigenvalue weighted by atomic mass is 10.1. The van der Waals surface area contributed by atoms with Crippen molar-refractivity contribution >= 4 is 0 Å². The van der Waals surface area contributed by atoms with Crippen molar-refractivity contribution in [2.45, 2.75) is 20.5 Å². The standard InChI is InChI=1S/C9H11O/c1-7-3-4-9(6-10)8(2)5-7/h3-5H,6H2,1-2H3. The maximum atomic E-state index is 10.5. The largest absolute Gasteiger partial charge is 0.232 e. The first-order valence-electron chi connectivity index (χ1n) is 3.38.